The van der Waals surface area contributed by atoms with Crippen molar-refractivity contribution in [2.45, 2.75) is 0 Å². The van der Waals surface area contributed by atoms with Crippen LogP contribution in [0.2, 0.25) is 0 Å². The van der Waals surface area contributed by atoms with Crippen molar-refractivity contribution in [3.05, 3.63) is 52.3 Å². The Bertz CT molecular complexity index is 461. The molecule has 0 amide bonds. The first-order valence-corrected chi connectivity index (χ1v) is 5.27. The van der Waals surface area contributed by atoms with Crippen LogP contribution in [0.1, 0.15) is 15.9 Å². The first kappa shape index (κ1) is 10.8. The summed E-state index contributed by atoms with van der Waals surface area (Å²) < 4.78 is 0.908. The number of ketones is 1. The van der Waals surface area contributed by atoms with E-state index in [4.69, 9.17) is 5.11 Å². The third-order valence-electron chi connectivity index (χ3n) is 2.01. The van der Waals surface area contributed by atoms with Crippen LogP contribution in [0.4, 0.5) is 0 Å². The molecule has 0 aliphatic heterocycles. The molecule has 2 rings (SSSR count). The van der Waals surface area contributed by atoms with Crippen molar-refractivity contribution in [1.29, 1.82) is 0 Å². The third-order valence-corrected chi connectivity index (χ3v) is 2.54. The van der Waals surface area contributed by atoms with Gasteiger partial charge in [0.25, 0.3) is 0 Å². The molecule has 0 fully saturated rings. The Kier molecular flexibility index (Phi) is 2.96. The molecular weight excluding hydrogens is 272 g/mol. The molecule has 0 atom stereocenters. The van der Waals surface area contributed by atoms with Crippen LogP contribution in [0.3, 0.4) is 0 Å². The van der Waals surface area contributed by atoms with Gasteiger partial charge in [0.05, 0.1) is 5.56 Å². The van der Waals surface area contributed by atoms with Gasteiger partial charge < -0.3 is 5.11 Å². The molecule has 0 saturated heterocycles. The summed E-state index contributed by atoms with van der Waals surface area (Å²) in [6.07, 6.45) is 2.60. The number of hydrogen-bond donors (Lipinski definition) is 1. The van der Waals surface area contributed by atoms with Crippen LogP contribution < -0.4 is 0 Å². The molecule has 0 spiro atoms. The van der Waals surface area contributed by atoms with Crippen LogP contribution in [0.5, 0.6) is 6.01 Å². The lowest BCUT2D eigenvalue weighted by atomic mass is 10.1. The Morgan fingerprint density at radius 1 is 1.06 bits per heavy atom. The van der Waals surface area contributed by atoms with Crippen molar-refractivity contribution in [3.63, 3.8) is 0 Å². The van der Waals surface area contributed by atoms with Gasteiger partial charge in [0.15, 0.2) is 5.78 Å². The number of aromatic nitrogens is 2. The van der Waals surface area contributed by atoms with E-state index < -0.39 is 0 Å². The van der Waals surface area contributed by atoms with E-state index >= 15 is 0 Å². The third kappa shape index (κ3) is 2.25. The lowest BCUT2D eigenvalue weighted by molar-refractivity contribution is 0.103. The fourth-order valence-electron chi connectivity index (χ4n) is 1.21. The largest absolute Gasteiger partial charge is 0.479 e. The molecular formula is C11H7BrN2O2. The van der Waals surface area contributed by atoms with Crippen LogP contribution >= 0.6 is 15.9 Å². The van der Waals surface area contributed by atoms with Gasteiger partial charge in [0.2, 0.25) is 0 Å². The minimum absolute atomic E-state index is 0.174. The molecule has 0 unspecified atom stereocenters. The van der Waals surface area contributed by atoms with Crippen molar-refractivity contribution < 1.29 is 9.90 Å². The summed E-state index contributed by atoms with van der Waals surface area (Å²) in [5, 5.41) is 8.91. The monoisotopic (exact) mass is 278 g/mol. The van der Waals surface area contributed by atoms with E-state index in [1.165, 1.54) is 12.4 Å². The number of aromatic hydroxyl groups is 1. The van der Waals surface area contributed by atoms with Gasteiger partial charge in [-0.2, -0.15) is 0 Å². The van der Waals surface area contributed by atoms with Gasteiger partial charge in [-0.15, -0.1) is 0 Å². The second-order valence-electron chi connectivity index (χ2n) is 3.11. The van der Waals surface area contributed by atoms with Gasteiger partial charge in [-0.05, 0) is 24.3 Å². The van der Waals surface area contributed by atoms with Crippen LogP contribution in [0, 0.1) is 0 Å². The van der Waals surface area contributed by atoms with Crippen molar-refractivity contribution >= 4 is 21.7 Å². The maximum Gasteiger partial charge on any atom is 0.313 e. The lowest BCUT2D eigenvalue weighted by Crippen LogP contribution is -2.02. The molecule has 5 heteroatoms. The molecule has 0 radical (unpaired) electrons. The van der Waals surface area contributed by atoms with Crippen LogP contribution in [0.15, 0.2) is 41.1 Å². The summed E-state index contributed by atoms with van der Waals surface area (Å²) in [5.41, 5.74) is 0.901. The van der Waals surface area contributed by atoms with E-state index in [1.54, 1.807) is 24.3 Å². The Labute approximate surface area is 100 Å². The molecule has 1 aromatic heterocycles. The first-order chi connectivity index (χ1) is 7.66. The summed E-state index contributed by atoms with van der Waals surface area (Å²) in [5.74, 6) is -0.174. The molecule has 1 heterocycles. The average Bonchev–Trinajstić information content (AvgIpc) is 2.30. The summed E-state index contributed by atoms with van der Waals surface area (Å²) >= 11 is 3.29. The smallest absolute Gasteiger partial charge is 0.313 e. The molecule has 1 aromatic carbocycles. The van der Waals surface area contributed by atoms with Crippen molar-refractivity contribution in [3.8, 4) is 6.01 Å². The van der Waals surface area contributed by atoms with Crippen LogP contribution in [-0.4, -0.2) is 20.9 Å². The Balaban J connectivity index is 2.32. The number of benzene rings is 1. The van der Waals surface area contributed by atoms with E-state index in [0.29, 0.717) is 11.1 Å². The Hall–Kier alpha value is -1.75. The maximum absolute atomic E-state index is 11.9. The Morgan fingerprint density at radius 2 is 1.62 bits per heavy atom. The number of carbonyl (C=O) groups is 1. The topological polar surface area (TPSA) is 63.1 Å². The number of nitrogens with zero attached hydrogens (tertiary/aromatic N) is 2. The van der Waals surface area contributed by atoms with E-state index in [0.717, 1.165) is 4.47 Å². The summed E-state index contributed by atoms with van der Waals surface area (Å²) in [4.78, 5) is 19.0. The summed E-state index contributed by atoms with van der Waals surface area (Å²) in [7, 11) is 0. The molecule has 16 heavy (non-hydrogen) atoms. The number of halogens is 1. The zero-order chi connectivity index (χ0) is 11.5. The summed E-state index contributed by atoms with van der Waals surface area (Å²) in [6.45, 7) is 0. The van der Waals surface area contributed by atoms with Gasteiger partial charge >= 0.3 is 6.01 Å². The highest BCUT2D eigenvalue weighted by molar-refractivity contribution is 9.10. The molecule has 0 aliphatic rings. The maximum atomic E-state index is 11.9. The van der Waals surface area contributed by atoms with E-state index in [9.17, 15) is 4.79 Å². The SMILES string of the molecule is O=C(c1ccc(Br)cc1)c1cnc(O)nc1. The number of hydrogen-bond acceptors (Lipinski definition) is 4. The predicted octanol–water partition coefficient (Wildman–Crippen LogP) is 2.18. The van der Waals surface area contributed by atoms with Gasteiger partial charge in [-0.25, -0.2) is 9.97 Å². The van der Waals surface area contributed by atoms with Gasteiger partial charge in [0, 0.05) is 22.4 Å². The van der Waals surface area contributed by atoms with Gasteiger partial charge in [-0.3, -0.25) is 4.79 Å². The predicted molar refractivity (Wildman–Crippen MR) is 61.3 cm³/mol. The number of carbonyl (C=O) groups excluding carboxylic acids is 1. The minimum atomic E-state index is -0.340. The van der Waals surface area contributed by atoms with Gasteiger partial charge in [0.1, 0.15) is 0 Å². The Morgan fingerprint density at radius 3 is 2.19 bits per heavy atom. The van der Waals surface area contributed by atoms with E-state index in [2.05, 4.69) is 25.9 Å². The molecule has 0 saturated carbocycles. The lowest BCUT2D eigenvalue weighted by Gasteiger charge is -2.00. The van der Waals surface area contributed by atoms with Gasteiger partial charge in [-0.1, -0.05) is 15.9 Å². The average molecular weight is 279 g/mol. The normalized spacial score (nSPS) is 10.1. The van der Waals surface area contributed by atoms with Crippen LogP contribution in [0.25, 0.3) is 0 Å². The van der Waals surface area contributed by atoms with Crippen molar-refractivity contribution in [2.24, 2.45) is 0 Å². The van der Waals surface area contributed by atoms with E-state index in [1.807, 2.05) is 0 Å². The van der Waals surface area contributed by atoms with Crippen molar-refractivity contribution in [2.75, 3.05) is 0 Å². The second-order valence-corrected chi connectivity index (χ2v) is 4.02. The summed E-state index contributed by atoms with van der Waals surface area (Å²) in [6, 6.07) is 6.65. The quantitative estimate of drug-likeness (QED) is 0.856. The zero-order valence-electron chi connectivity index (χ0n) is 8.09. The van der Waals surface area contributed by atoms with E-state index in [-0.39, 0.29) is 11.8 Å². The zero-order valence-corrected chi connectivity index (χ0v) is 9.68. The second kappa shape index (κ2) is 4.40. The molecule has 4 nitrogen and oxygen atoms in total. The minimum Gasteiger partial charge on any atom is -0.479 e. The molecule has 2 aromatic rings. The first-order valence-electron chi connectivity index (χ1n) is 4.48. The van der Waals surface area contributed by atoms with Crippen molar-refractivity contribution in [1.82, 2.24) is 9.97 Å². The highest BCUT2D eigenvalue weighted by atomic mass is 79.9. The molecule has 0 bridgehead atoms. The number of rotatable bonds is 2. The highest BCUT2D eigenvalue weighted by Gasteiger charge is 2.09. The molecule has 1 N–H and O–H groups in total. The van der Waals surface area contributed by atoms with Crippen LogP contribution in [-0.2, 0) is 0 Å². The molecule has 0 aliphatic carbocycles. The fourth-order valence-corrected chi connectivity index (χ4v) is 1.47. The standard InChI is InChI=1S/C11H7BrN2O2/c12-9-3-1-7(2-4-9)10(15)8-5-13-11(16)14-6-8/h1-6H,(H,13,14,16). The fraction of sp³-hybridized carbons (Fsp3) is 0. The molecule has 80 valence electrons. The highest BCUT2D eigenvalue weighted by Crippen LogP contribution is 2.14.